The number of piperazine rings is 1. The van der Waals surface area contributed by atoms with E-state index in [1.807, 2.05) is 6.07 Å². The van der Waals surface area contributed by atoms with Gasteiger partial charge in [0, 0.05) is 31.7 Å². The molecule has 10 heteroatoms. The standard InChI is InChI=1S/C24H21FN6O3/c25-19-7-5-17(6-8-19)21-14-31-20(15-34-21)22(27-28-31)24(33)30-11-9-29(10-12-30)23(32)18-3-1-16(13-26)2-4-18/h1-8,21H,9-12,14-15H2/t21-/m1/s1. The first-order chi connectivity index (χ1) is 16.5. The number of fused-ring (bicyclic) bond motifs is 1. The van der Waals surface area contributed by atoms with E-state index in [9.17, 15) is 14.0 Å². The molecule has 3 heterocycles. The summed E-state index contributed by atoms with van der Waals surface area (Å²) in [6.45, 7) is 2.12. The minimum absolute atomic E-state index is 0.127. The molecule has 172 valence electrons. The van der Waals surface area contributed by atoms with E-state index in [1.54, 1.807) is 50.9 Å². The maximum atomic E-state index is 13.2. The second kappa shape index (κ2) is 9.03. The van der Waals surface area contributed by atoms with Crippen molar-refractivity contribution in [1.29, 1.82) is 5.26 Å². The lowest BCUT2D eigenvalue weighted by atomic mass is 10.1. The van der Waals surface area contributed by atoms with Gasteiger partial charge in [-0.2, -0.15) is 5.26 Å². The van der Waals surface area contributed by atoms with E-state index in [0.29, 0.717) is 49.5 Å². The number of nitrogens with zero attached hydrogens (tertiary/aromatic N) is 6. The van der Waals surface area contributed by atoms with Gasteiger partial charge in [0.25, 0.3) is 11.8 Å². The van der Waals surface area contributed by atoms with Gasteiger partial charge in [0.05, 0.1) is 30.5 Å². The smallest absolute Gasteiger partial charge is 0.276 e. The van der Waals surface area contributed by atoms with E-state index in [1.165, 1.54) is 12.1 Å². The summed E-state index contributed by atoms with van der Waals surface area (Å²) in [5.74, 6) is -0.680. The molecular formula is C24H21FN6O3. The molecule has 9 nitrogen and oxygen atoms in total. The molecule has 3 aromatic rings. The van der Waals surface area contributed by atoms with E-state index in [4.69, 9.17) is 10.00 Å². The molecule has 2 aromatic carbocycles. The molecule has 0 spiro atoms. The van der Waals surface area contributed by atoms with Crippen LogP contribution in [0.2, 0.25) is 0 Å². The molecular weight excluding hydrogens is 439 g/mol. The van der Waals surface area contributed by atoms with Crippen molar-refractivity contribution < 1.29 is 18.7 Å². The van der Waals surface area contributed by atoms with Crippen LogP contribution in [0.15, 0.2) is 48.5 Å². The van der Waals surface area contributed by atoms with Gasteiger partial charge in [-0.25, -0.2) is 9.07 Å². The summed E-state index contributed by atoms with van der Waals surface area (Å²) in [6, 6.07) is 14.7. The number of nitriles is 1. The number of carbonyl (C=O) groups is 2. The van der Waals surface area contributed by atoms with Gasteiger partial charge in [-0.15, -0.1) is 5.10 Å². The van der Waals surface area contributed by atoms with Crippen molar-refractivity contribution >= 4 is 11.8 Å². The zero-order valence-electron chi connectivity index (χ0n) is 18.2. The number of aromatic nitrogens is 3. The first-order valence-corrected chi connectivity index (χ1v) is 10.9. The summed E-state index contributed by atoms with van der Waals surface area (Å²) in [5.41, 5.74) is 2.71. The van der Waals surface area contributed by atoms with Crippen molar-refractivity contribution in [2.45, 2.75) is 19.3 Å². The number of rotatable bonds is 3. The van der Waals surface area contributed by atoms with Crippen LogP contribution >= 0.6 is 0 Å². The van der Waals surface area contributed by atoms with E-state index in [0.717, 1.165) is 5.56 Å². The molecule has 0 unspecified atom stereocenters. The predicted molar refractivity (Wildman–Crippen MR) is 117 cm³/mol. The molecule has 0 N–H and O–H groups in total. The van der Waals surface area contributed by atoms with E-state index in [-0.39, 0.29) is 36.0 Å². The number of hydrogen-bond acceptors (Lipinski definition) is 6. The number of benzene rings is 2. The molecule has 34 heavy (non-hydrogen) atoms. The fourth-order valence-electron chi connectivity index (χ4n) is 4.19. The Kier molecular flexibility index (Phi) is 5.77. The Hall–Kier alpha value is -4.10. The number of ether oxygens (including phenoxy) is 1. The number of halogens is 1. The van der Waals surface area contributed by atoms with Gasteiger partial charge >= 0.3 is 0 Å². The average molecular weight is 460 g/mol. The highest BCUT2D eigenvalue weighted by Gasteiger charge is 2.32. The first-order valence-electron chi connectivity index (χ1n) is 10.9. The van der Waals surface area contributed by atoms with Crippen LogP contribution in [0.25, 0.3) is 0 Å². The Labute approximate surface area is 194 Å². The van der Waals surface area contributed by atoms with Gasteiger partial charge in [0.15, 0.2) is 5.69 Å². The van der Waals surface area contributed by atoms with Crippen molar-refractivity contribution in [3.8, 4) is 6.07 Å². The lowest BCUT2D eigenvalue weighted by Gasteiger charge is -2.34. The van der Waals surface area contributed by atoms with Crippen molar-refractivity contribution in [2.75, 3.05) is 26.2 Å². The molecule has 1 aromatic heterocycles. The SMILES string of the molecule is N#Cc1ccc(C(=O)N2CCN(C(=O)c3nnn4c3CO[C@@H](c3ccc(F)cc3)C4)CC2)cc1. The van der Waals surface area contributed by atoms with Crippen LogP contribution in [0.3, 0.4) is 0 Å². The van der Waals surface area contributed by atoms with Crippen molar-refractivity contribution in [1.82, 2.24) is 24.8 Å². The molecule has 1 saturated heterocycles. The normalized spacial score (nSPS) is 17.7. The Morgan fingerprint density at radius 2 is 1.62 bits per heavy atom. The lowest BCUT2D eigenvalue weighted by Crippen LogP contribution is -2.50. The average Bonchev–Trinajstić information content (AvgIpc) is 3.32. The molecule has 0 bridgehead atoms. The maximum absolute atomic E-state index is 13.2. The van der Waals surface area contributed by atoms with Gasteiger partial charge in [-0.3, -0.25) is 9.59 Å². The summed E-state index contributed by atoms with van der Waals surface area (Å²) >= 11 is 0. The van der Waals surface area contributed by atoms with Gasteiger partial charge < -0.3 is 14.5 Å². The largest absolute Gasteiger partial charge is 0.365 e. The molecule has 2 aliphatic rings. The number of amides is 2. The third-order valence-electron chi connectivity index (χ3n) is 6.16. The van der Waals surface area contributed by atoms with Crippen molar-refractivity contribution in [3.63, 3.8) is 0 Å². The van der Waals surface area contributed by atoms with Crippen LogP contribution < -0.4 is 0 Å². The molecule has 2 amide bonds. The number of carbonyl (C=O) groups excluding carboxylic acids is 2. The van der Waals surface area contributed by atoms with E-state index in [2.05, 4.69) is 10.3 Å². The molecule has 1 fully saturated rings. The van der Waals surface area contributed by atoms with Gasteiger partial charge in [-0.05, 0) is 42.0 Å². The first kappa shape index (κ1) is 21.7. The monoisotopic (exact) mass is 460 g/mol. The van der Waals surface area contributed by atoms with Crippen molar-refractivity contribution in [3.05, 3.63) is 82.4 Å². The second-order valence-corrected chi connectivity index (χ2v) is 8.19. The summed E-state index contributed by atoms with van der Waals surface area (Å²) < 4.78 is 20.8. The summed E-state index contributed by atoms with van der Waals surface area (Å²) in [7, 11) is 0. The second-order valence-electron chi connectivity index (χ2n) is 8.19. The zero-order valence-corrected chi connectivity index (χ0v) is 18.2. The van der Waals surface area contributed by atoms with E-state index >= 15 is 0 Å². The highest BCUT2D eigenvalue weighted by Crippen LogP contribution is 2.27. The molecule has 0 saturated carbocycles. The fourth-order valence-corrected chi connectivity index (χ4v) is 4.19. The minimum atomic E-state index is -0.312. The Morgan fingerprint density at radius 1 is 0.971 bits per heavy atom. The Bertz CT molecular complexity index is 1260. The third-order valence-corrected chi connectivity index (χ3v) is 6.16. The molecule has 0 radical (unpaired) electrons. The highest BCUT2D eigenvalue weighted by molar-refractivity contribution is 5.95. The molecule has 1 atom stereocenters. The summed E-state index contributed by atoms with van der Waals surface area (Å²) in [4.78, 5) is 29.2. The molecule has 2 aliphatic heterocycles. The van der Waals surface area contributed by atoms with E-state index < -0.39 is 0 Å². The van der Waals surface area contributed by atoms with Crippen LogP contribution in [-0.2, 0) is 17.9 Å². The topological polar surface area (TPSA) is 104 Å². The summed E-state index contributed by atoms with van der Waals surface area (Å²) in [6.07, 6.45) is -0.297. The van der Waals surface area contributed by atoms with Gasteiger partial charge in [0.2, 0.25) is 0 Å². The predicted octanol–water partition coefficient (Wildman–Crippen LogP) is 2.16. The Morgan fingerprint density at radius 3 is 2.26 bits per heavy atom. The van der Waals surface area contributed by atoms with Crippen LogP contribution in [0.4, 0.5) is 4.39 Å². The van der Waals surface area contributed by atoms with Gasteiger partial charge in [-0.1, -0.05) is 17.3 Å². The zero-order chi connectivity index (χ0) is 23.7. The van der Waals surface area contributed by atoms with Crippen LogP contribution in [0.1, 0.15) is 43.8 Å². The molecule has 0 aliphatic carbocycles. The van der Waals surface area contributed by atoms with Crippen LogP contribution in [0, 0.1) is 17.1 Å². The lowest BCUT2D eigenvalue weighted by molar-refractivity contribution is -0.00206. The van der Waals surface area contributed by atoms with Crippen molar-refractivity contribution in [2.24, 2.45) is 0 Å². The minimum Gasteiger partial charge on any atom is -0.365 e. The molecule has 5 rings (SSSR count). The third kappa shape index (κ3) is 4.13. The number of hydrogen-bond donors (Lipinski definition) is 0. The Balaban J connectivity index is 1.21. The van der Waals surface area contributed by atoms with Crippen LogP contribution in [-0.4, -0.2) is 62.8 Å². The highest BCUT2D eigenvalue weighted by atomic mass is 19.1. The quantitative estimate of drug-likeness (QED) is 0.593. The van der Waals surface area contributed by atoms with Gasteiger partial charge in [0.1, 0.15) is 11.9 Å². The maximum Gasteiger partial charge on any atom is 0.276 e. The summed E-state index contributed by atoms with van der Waals surface area (Å²) in [5, 5.41) is 17.2. The fraction of sp³-hybridized carbons (Fsp3) is 0.292. The van der Waals surface area contributed by atoms with Crippen LogP contribution in [0.5, 0.6) is 0 Å².